The first-order chi connectivity index (χ1) is 5.73. The van der Waals surface area contributed by atoms with Crippen LogP contribution in [0.5, 0.6) is 0 Å². The van der Waals surface area contributed by atoms with E-state index in [1.807, 2.05) is 6.08 Å². The fourth-order valence-electron chi connectivity index (χ4n) is 3.77. The van der Waals surface area contributed by atoms with E-state index in [9.17, 15) is 4.79 Å². The molecule has 0 aromatic carbocycles. The molecule has 2 saturated carbocycles. The maximum Gasteiger partial charge on any atom is 0.159 e. The Morgan fingerprint density at radius 1 is 1.42 bits per heavy atom. The van der Waals surface area contributed by atoms with Gasteiger partial charge in [0, 0.05) is 5.92 Å². The second-order valence-electron chi connectivity index (χ2n) is 4.77. The average Bonchev–Trinajstić information content (AvgIpc) is 2.11. The van der Waals surface area contributed by atoms with Crippen LogP contribution >= 0.6 is 0 Å². The van der Waals surface area contributed by atoms with Crippen LogP contribution in [0.25, 0.3) is 0 Å². The van der Waals surface area contributed by atoms with Gasteiger partial charge in [-0.1, -0.05) is 19.4 Å². The molecule has 2 atom stereocenters. The van der Waals surface area contributed by atoms with E-state index in [2.05, 4.69) is 13.0 Å². The predicted octanol–water partition coefficient (Wildman–Crippen LogP) is 2.18. The maximum atomic E-state index is 11.5. The summed E-state index contributed by atoms with van der Waals surface area (Å²) in [4.78, 5) is 11.5. The molecule has 3 rings (SSSR count). The van der Waals surface area contributed by atoms with Gasteiger partial charge >= 0.3 is 0 Å². The molecule has 12 heavy (non-hydrogen) atoms. The van der Waals surface area contributed by atoms with Gasteiger partial charge in [0.15, 0.2) is 5.78 Å². The Morgan fingerprint density at radius 2 is 2.08 bits per heavy atom. The van der Waals surface area contributed by atoms with E-state index in [1.54, 1.807) is 0 Å². The van der Waals surface area contributed by atoms with E-state index >= 15 is 0 Å². The van der Waals surface area contributed by atoms with Crippen LogP contribution in [0.3, 0.4) is 0 Å². The summed E-state index contributed by atoms with van der Waals surface area (Å²) in [5.74, 6) is 2.24. The number of ketones is 1. The molecular formula is C11H14O. The van der Waals surface area contributed by atoms with Gasteiger partial charge < -0.3 is 0 Å². The van der Waals surface area contributed by atoms with Crippen molar-refractivity contribution in [1.29, 1.82) is 0 Å². The van der Waals surface area contributed by atoms with Gasteiger partial charge in [0.05, 0.1) is 0 Å². The summed E-state index contributed by atoms with van der Waals surface area (Å²) in [6.45, 7) is 2.33. The van der Waals surface area contributed by atoms with Crippen LogP contribution in [0.1, 0.15) is 26.2 Å². The van der Waals surface area contributed by atoms with E-state index in [1.165, 1.54) is 19.3 Å². The molecule has 3 aliphatic carbocycles. The van der Waals surface area contributed by atoms with Crippen molar-refractivity contribution < 1.29 is 4.79 Å². The van der Waals surface area contributed by atoms with Gasteiger partial charge in [0.1, 0.15) is 0 Å². The average molecular weight is 162 g/mol. The van der Waals surface area contributed by atoms with E-state index in [-0.39, 0.29) is 0 Å². The lowest BCUT2D eigenvalue weighted by molar-refractivity contribution is -0.157. The maximum absolute atomic E-state index is 11.5. The van der Waals surface area contributed by atoms with Gasteiger partial charge in [-0.2, -0.15) is 0 Å². The zero-order valence-corrected chi connectivity index (χ0v) is 7.42. The van der Waals surface area contributed by atoms with Crippen LogP contribution in [-0.2, 0) is 4.79 Å². The number of allylic oxidation sites excluding steroid dienone is 2. The molecule has 0 spiro atoms. The van der Waals surface area contributed by atoms with E-state index in [0.29, 0.717) is 29.0 Å². The first-order valence-corrected chi connectivity index (χ1v) is 4.96. The second-order valence-corrected chi connectivity index (χ2v) is 4.77. The minimum atomic E-state index is 0.411. The highest BCUT2D eigenvalue weighted by molar-refractivity contribution is 5.95. The van der Waals surface area contributed by atoms with Crippen molar-refractivity contribution in [3.63, 3.8) is 0 Å². The molecule has 1 heteroatoms. The Labute approximate surface area is 72.8 Å². The third-order valence-corrected chi connectivity index (χ3v) is 4.43. The van der Waals surface area contributed by atoms with Crippen molar-refractivity contribution in [3.8, 4) is 0 Å². The number of hydrogen-bond acceptors (Lipinski definition) is 1. The summed E-state index contributed by atoms with van der Waals surface area (Å²) in [6, 6.07) is 0. The third kappa shape index (κ3) is 0.531. The molecule has 0 aliphatic heterocycles. The Kier molecular flexibility index (Phi) is 1.05. The van der Waals surface area contributed by atoms with Gasteiger partial charge in [-0.3, -0.25) is 4.79 Å². The Morgan fingerprint density at radius 3 is 2.67 bits per heavy atom. The molecule has 0 amide bonds. The smallest absolute Gasteiger partial charge is 0.159 e. The fraction of sp³-hybridized carbons (Fsp3) is 0.727. The molecule has 0 aromatic heterocycles. The van der Waals surface area contributed by atoms with Crippen LogP contribution in [0.15, 0.2) is 12.2 Å². The van der Waals surface area contributed by atoms with Crippen molar-refractivity contribution in [2.24, 2.45) is 23.2 Å². The summed E-state index contributed by atoms with van der Waals surface area (Å²) in [5.41, 5.74) is 0.414. The summed E-state index contributed by atoms with van der Waals surface area (Å²) in [5, 5.41) is 0. The number of hydrogen-bond donors (Lipinski definition) is 0. The van der Waals surface area contributed by atoms with Crippen molar-refractivity contribution >= 4 is 5.78 Å². The topological polar surface area (TPSA) is 17.1 Å². The highest BCUT2D eigenvalue weighted by atomic mass is 16.1. The first kappa shape index (κ1) is 6.88. The van der Waals surface area contributed by atoms with Gasteiger partial charge in [0.25, 0.3) is 0 Å². The van der Waals surface area contributed by atoms with Crippen molar-refractivity contribution in [1.82, 2.24) is 0 Å². The van der Waals surface area contributed by atoms with Crippen LogP contribution in [-0.4, -0.2) is 5.78 Å². The summed E-state index contributed by atoms with van der Waals surface area (Å²) in [7, 11) is 0. The molecule has 1 nitrogen and oxygen atoms in total. The molecular weight excluding hydrogens is 148 g/mol. The lowest BCUT2D eigenvalue weighted by Gasteiger charge is -2.64. The SMILES string of the molecule is CC12C=CC(=O)C3C1CCCC32. The van der Waals surface area contributed by atoms with E-state index in [0.717, 1.165) is 0 Å². The number of carbonyl (C=O) groups excluding carboxylic acids is 1. The number of fused-ring (bicyclic) bond motifs is 1. The summed E-state index contributed by atoms with van der Waals surface area (Å²) in [6.07, 6.45) is 7.93. The van der Waals surface area contributed by atoms with E-state index in [4.69, 9.17) is 0 Å². The molecule has 4 bridgehead atoms. The number of rotatable bonds is 0. The third-order valence-electron chi connectivity index (χ3n) is 4.43. The second kappa shape index (κ2) is 1.84. The Balaban J connectivity index is 2.08. The minimum absolute atomic E-state index is 0.411. The monoisotopic (exact) mass is 162 g/mol. The zero-order valence-electron chi connectivity index (χ0n) is 7.42. The standard InChI is InChI=1S/C11H14O/c1-11-6-5-9(12)10-7(11)3-2-4-8(10)11/h5-8,10H,2-4H2,1H3. The number of carbonyl (C=O) groups is 1. The van der Waals surface area contributed by atoms with E-state index < -0.39 is 0 Å². The molecule has 2 unspecified atom stereocenters. The molecule has 0 aromatic rings. The lowest BCUT2D eigenvalue weighted by Crippen LogP contribution is -2.61. The highest BCUT2D eigenvalue weighted by Crippen LogP contribution is 2.66. The molecule has 2 fully saturated rings. The molecule has 0 saturated heterocycles. The van der Waals surface area contributed by atoms with Gasteiger partial charge in [-0.25, -0.2) is 0 Å². The van der Waals surface area contributed by atoms with Crippen molar-refractivity contribution in [2.45, 2.75) is 26.2 Å². The van der Waals surface area contributed by atoms with Gasteiger partial charge in [-0.15, -0.1) is 0 Å². The first-order valence-electron chi connectivity index (χ1n) is 4.96. The molecule has 0 radical (unpaired) electrons. The Hall–Kier alpha value is -0.590. The summed E-state index contributed by atoms with van der Waals surface area (Å²) >= 11 is 0. The van der Waals surface area contributed by atoms with Crippen molar-refractivity contribution in [3.05, 3.63) is 12.2 Å². The van der Waals surface area contributed by atoms with Crippen LogP contribution < -0.4 is 0 Å². The molecule has 0 heterocycles. The normalized spacial score (nSPS) is 55.1. The Bertz CT molecular complexity index is 265. The minimum Gasteiger partial charge on any atom is -0.295 e. The highest BCUT2D eigenvalue weighted by Gasteiger charge is 2.62. The predicted molar refractivity (Wildman–Crippen MR) is 46.6 cm³/mol. The quantitative estimate of drug-likeness (QED) is 0.533. The summed E-state index contributed by atoms with van der Waals surface area (Å²) < 4.78 is 0. The van der Waals surface area contributed by atoms with Crippen molar-refractivity contribution in [2.75, 3.05) is 0 Å². The molecule has 0 N–H and O–H groups in total. The van der Waals surface area contributed by atoms with Gasteiger partial charge in [0.2, 0.25) is 0 Å². The zero-order chi connectivity index (χ0) is 8.34. The largest absolute Gasteiger partial charge is 0.295 e. The molecule has 64 valence electrons. The van der Waals surface area contributed by atoms with Crippen LogP contribution in [0.4, 0.5) is 0 Å². The van der Waals surface area contributed by atoms with Crippen LogP contribution in [0, 0.1) is 23.2 Å². The molecule has 3 aliphatic rings. The van der Waals surface area contributed by atoms with Crippen LogP contribution in [0.2, 0.25) is 0 Å². The fourth-order valence-corrected chi connectivity index (χ4v) is 3.77. The van der Waals surface area contributed by atoms with Gasteiger partial charge in [-0.05, 0) is 36.2 Å². The lowest BCUT2D eigenvalue weighted by atomic mass is 9.39.